The van der Waals surface area contributed by atoms with Gasteiger partial charge in [-0.2, -0.15) is 5.26 Å². The number of aromatic nitrogens is 2. The molecule has 7 nitrogen and oxygen atoms in total. The van der Waals surface area contributed by atoms with Crippen LogP contribution >= 0.6 is 23.2 Å². The molecule has 134 valence electrons. The Bertz CT molecular complexity index is 1160. The number of halogens is 2. The molecule has 27 heavy (non-hydrogen) atoms. The summed E-state index contributed by atoms with van der Waals surface area (Å²) in [4.78, 5) is 31.0. The van der Waals surface area contributed by atoms with Crippen LogP contribution in [0.15, 0.2) is 52.8 Å². The van der Waals surface area contributed by atoms with Crippen molar-refractivity contribution in [1.82, 2.24) is 15.4 Å². The van der Waals surface area contributed by atoms with Crippen molar-refractivity contribution in [2.75, 3.05) is 5.43 Å². The first kappa shape index (κ1) is 18.5. The second-order valence-corrected chi connectivity index (χ2v) is 6.19. The van der Waals surface area contributed by atoms with Gasteiger partial charge in [-0.1, -0.05) is 41.4 Å². The van der Waals surface area contributed by atoms with Gasteiger partial charge in [0, 0.05) is 10.0 Å². The number of carbonyl (C=O) groups is 1. The Morgan fingerprint density at radius 2 is 2.00 bits per heavy atom. The third-order valence-electron chi connectivity index (χ3n) is 3.52. The van der Waals surface area contributed by atoms with Gasteiger partial charge in [0.2, 0.25) is 5.82 Å². The Kier molecular flexibility index (Phi) is 5.41. The largest absolute Gasteiger partial charge is 0.317 e. The summed E-state index contributed by atoms with van der Waals surface area (Å²) in [5.41, 5.74) is 5.53. The fourth-order valence-electron chi connectivity index (χ4n) is 2.22. The number of H-pyrrole nitrogens is 1. The lowest BCUT2D eigenvalue weighted by Gasteiger charge is -2.07. The third kappa shape index (κ3) is 4.26. The van der Waals surface area contributed by atoms with Crippen molar-refractivity contribution in [2.24, 2.45) is 0 Å². The van der Waals surface area contributed by atoms with E-state index in [4.69, 9.17) is 23.2 Å². The lowest BCUT2D eigenvalue weighted by Crippen LogP contribution is -2.33. The molecule has 3 N–H and O–H groups in total. The number of rotatable bonds is 4. The summed E-state index contributed by atoms with van der Waals surface area (Å²) in [6, 6.07) is 13.4. The molecular weight excluding hydrogens is 389 g/mol. The molecule has 1 amide bonds. The molecule has 0 aliphatic heterocycles. The van der Waals surface area contributed by atoms with Gasteiger partial charge < -0.3 is 4.98 Å². The number of hydrazine groups is 1. The highest BCUT2D eigenvalue weighted by Crippen LogP contribution is 2.23. The first-order valence-electron chi connectivity index (χ1n) is 7.60. The van der Waals surface area contributed by atoms with Gasteiger partial charge in [-0.3, -0.25) is 20.4 Å². The maximum atomic E-state index is 12.2. The van der Waals surface area contributed by atoms with Crippen LogP contribution in [0, 0.1) is 11.3 Å². The Morgan fingerprint density at radius 1 is 1.22 bits per heavy atom. The minimum atomic E-state index is -0.752. The summed E-state index contributed by atoms with van der Waals surface area (Å²) in [6.45, 7) is 0. The summed E-state index contributed by atoms with van der Waals surface area (Å²) in [7, 11) is 0. The number of nitrogens with zero attached hydrogens (tertiary/aromatic N) is 2. The van der Waals surface area contributed by atoms with Crippen molar-refractivity contribution in [3.8, 4) is 6.07 Å². The van der Waals surface area contributed by atoms with Crippen LogP contribution in [0.3, 0.4) is 0 Å². The van der Waals surface area contributed by atoms with E-state index < -0.39 is 11.5 Å². The predicted octanol–water partition coefficient (Wildman–Crippen LogP) is 3.28. The zero-order valence-corrected chi connectivity index (χ0v) is 15.1. The first-order chi connectivity index (χ1) is 13.0. The molecule has 1 aromatic heterocycles. The van der Waals surface area contributed by atoms with Crippen molar-refractivity contribution >= 4 is 52.0 Å². The fraction of sp³-hybridized carbons (Fsp3) is 0. The maximum Gasteiger partial charge on any atom is 0.292 e. The van der Waals surface area contributed by atoms with E-state index in [1.807, 2.05) is 0 Å². The summed E-state index contributed by atoms with van der Waals surface area (Å²) < 4.78 is 0. The van der Waals surface area contributed by atoms with Crippen LogP contribution in [0.5, 0.6) is 0 Å². The van der Waals surface area contributed by atoms with E-state index in [1.54, 1.807) is 42.5 Å². The van der Waals surface area contributed by atoms with Gasteiger partial charge in [-0.25, -0.2) is 4.98 Å². The SMILES string of the molecule is N#C/C(=C\c1ccc(Cl)cc1Cl)C(=O)NNc1nc2ccccc2[nH]c1=O. The quantitative estimate of drug-likeness (QED) is 0.354. The number of nitriles is 1. The van der Waals surface area contributed by atoms with Crippen LogP contribution in [0.1, 0.15) is 5.56 Å². The number of benzene rings is 2. The van der Waals surface area contributed by atoms with Crippen molar-refractivity contribution in [1.29, 1.82) is 5.26 Å². The second kappa shape index (κ2) is 7.91. The van der Waals surface area contributed by atoms with E-state index in [2.05, 4.69) is 20.8 Å². The number of fused-ring (bicyclic) bond motifs is 1. The lowest BCUT2D eigenvalue weighted by atomic mass is 10.1. The summed E-state index contributed by atoms with van der Waals surface area (Å²) in [5, 5.41) is 9.97. The molecule has 0 radical (unpaired) electrons. The topological polar surface area (TPSA) is 111 Å². The number of amides is 1. The molecule has 0 fully saturated rings. The maximum absolute atomic E-state index is 12.2. The normalized spacial score (nSPS) is 11.1. The molecule has 0 spiro atoms. The molecule has 0 saturated heterocycles. The van der Waals surface area contributed by atoms with Crippen LogP contribution in [0.4, 0.5) is 5.82 Å². The lowest BCUT2D eigenvalue weighted by molar-refractivity contribution is -0.116. The smallest absolute Gasteiger partial charge is 0.292 e. The minimum absolute atomic E-state index is 0.108. The average molecular weight is 400 g/mol. The Labute approximate surface area is 163 Å². The van der Waals surface area contributed by atoms with Crippen molar-refractivity contribution in [3.05, 3.63) is 74.0 Å². The third-order valence-corrected chi connectivity index (χ3v) is 4.08. The summed E-state index contributed by atoms with van der Waals surface area (Å²) in [5.74, 6) is -0.859. The Morgan fingerprint density at radius 3 is 2.74 bits per heavy atom. The van der Waals surface area contributed by atoms with Gasteiger partial charge in [0.1, 0.15) is 11.6 Å². The number of hydrogen-bond donors (Lipinski definition) is 3. The Balaban J connectivity index is 1.80. The standard InChI is InChI=1S/C18H11Cl2N5O2/c19-12-6-5-10(13(20)8-12)7-11(9-21)17(26)25-24-16-18(27)23-15-4-2-1-3-14(15)22-16/h1-8H,(H,22,24)(H,23,27)(H,25,26)/b11-7+. The fourth-order valence-corrected chi connectivity index (χ4v) is 2.68. The van der Waals surface area contributed by atoms with Crippen molar-refractivity contribution in [2.45, 2.75) is 0 Å². The van der Waals surface area contributed by atoms with E-state index in [0.29, 0.717) is 26.6 Å². The van der Waals surface area contributed by atoms with E-state index in [9.17, 15) is 14.9 Å². The molecule has 1 heterocycles. The highest BCUT2D eigenvalue weighted by atomic mass is 35.5. The van der Waals surface area contributed by atoms with E-state index in [0.717, 1.165) is 0 Å². The molecule has 3 aromatic rings. The van der Waals surface area contributed by atoms with Gasteiger partial charge in [0.25, 0.3) is 11.5 Å². The Hall–Kier alpha value is -3.34. The van der Waals surface area contributed by atoms with E-state index >= 15 is 0 Å². The van der Waals surface area contributed by atoms with Crippen LogP contribution < -0.4 is 16.4 Å². The van der Waals surface area contributed by atoms with Crippen LogP contribution in [-0.4, -0.2) is 15.9 Å². The van der Waals surface area contributed by atoms with Gasteiger partial charge >= 0.3 is 0 Å². The number of aromatic amines is 1. The molecule has 2 aromatic carbocycles. The molecule has 0 atom stereocenters. The van der Waals surface area contributed by atoms with Gasteiger partial charge in [-0.15, -0.1) is 0 Å². The predicted molar refractivity (Wildman–Crippen MR) is 104 cm³/mol. The molecule has 0 aliphatic carbocycles. The number of para-hydroxylation sites is 2. The van der Waals surface area contributed by atoms with Crippen LogP contribution in [-0.2, 0) is 4.79 Å². The van der Waals surface area contributed by atoms with E-state index in [-0.39, 0.29) is 11.4 Å². The van der Waals surface area contributed by atoms with Crippen LogP contribution in [0.2, 0.25) is 10.0 Å². The van der Waals surface area contributed by atoms with Crippen LogP contribution in [0.25, 0.3) is 17.1 Å². The number of carbonyl (C=O) groups excluding carboxylic acids is 1. The number of anilines is 1. The molecule has 9 heteroatoms. The van der Waals surface area contributed by atoms with Gasteiger partial charge in [0.05, 0.1) is 11.0 Å². The van der Waals surface area contributed by atoms with Crippen molar-refractivity contribution in [3.63, 3.8) is 0 Å². The molecule has 3 rings (SSSR count). The zero-order valence-electron chi connectivity index (χ0n) is 13.6. The molecular formula is C18H11Cl2N5O2. The molecule has 0 aliphatic rings. The molecule has 0 saturated carbocycles. The van der Waals surface area contributed by atoms with E-state index in [1.165, 1.54) is 12.1 Å². The zero-order chi connectivity index (χ0) is 19.4. The molecule has 0 unspecified atom stereocenters. The van der Waals surface area contributed by atoms with Gasteiger partial charge in [0.15, 0.2) is 0 Å². The first-order valence-corrected chi connectivity index (χ1v) is 8.36. The van der Waals surface area contributed by atoms with Crippen molar-refractivity contribution < 1.29 is 4.79 Å². The highest BCUT2D eigenvalue weighted by molar-refractivity contribution is 6.35. The average Bonchev–Trinajstić information content (AvgIpc) is 2.65. The van der Waals surface area contributed by atoms with Gasteiger partial charge in [-0.05, 0) is 35.9 Å². The second-order valence-electron chi connectivity index (χ2n) is 5.35. The number of nitrogens with one attached hydrogen (secondary N) is 3. The summed E-state index contributed by atoms with van der Waals surface area (Å²) >= 11 is 11.9. The molecule has 0 bridgehead atoms. The highest BCUT2D eigenvalue weighted by Gasteiger charge is 2.12. The summed E-state index contributed by atoms with van der Waals surface area (Å²) in [6.07, 6.45) is 1.31. The number of hydrogen-bond acceptors (Lipinski definition) is 5. The minimum Gasteiger partial charge on any atom is -0.317 e. The monoisotopic (exact) mass is 399 g/mol.